The maximum absolute atomic E-state index is 12.3. The van der Waals surface area contributed by atoms with Crippen LogP contribution in [0, 0.1) is 5.41 Å². The van der Waals surface area contributed by atoms with Gasteiger partial charge in [-0.05, 0) is 43.6 Å². The second-order valence-corrected chi connectivity index (χ2v) is 7.14. The monoisotopic (exact) mass is 307 g/mol. The summed E-state index contributed by atoms with van der Waals surface area (Å²) in [6.45, 7) is 3.73. The van der Waals surface area contributed by atoms with Gasteiger partial charge in [-0.3, -0.25) is 9.59 Å². The van der Waals surface area contributed by atoms with Gasteiger partial charge in [0.15, 0.2) is 0 Å². The first-order valence-electron chi connectivity index (χ1n) is 7.12. The molecule has 0 spiro atoms. The summed E-state index contributed by atoms with van der Waals surface area (Å²) in [5.74, 6) is 0.0814. The Morgan fingerprint density at radius 3 is 2.81 bits per heavy atom. The quantitative estimate of drug-likeness (QED) is 0.877. The first kappa shape index (κ1) is 15.9. The summed E-state index contributed by atoms with van der Waals surface area (Å²) in [6.07, 6.45) is 1.42. The Hall–Kier alpha value is -1.49. The fourth-order valence-electron chi connectivity index (χ4n) is 2.31. The van der Waals surface area contributed by atoms with E-state index in [4.69, 9.17) is 5.11 Å². The average molecular weight is 307 g/mol. The molecule has 1 aromatic carbocycles. The minimum absolute atomic E-state index is 0.0201. The van der Waals surface area contributed by atoms with Crippen molar-refractivity contribution in [3.8, 4) is 0 Å². The standard InChI is InChI=1S/C16H21NO3S/c1-16(2,15(19)20)8-9-17-14(18)13-12-6-4-3-5-11(12)7-10-21-13/h3-6,13H,7-10H2,1-2H3,(H,17,18)(H,19,20). The van der Waals surface area contributed by atoms with E-state index >= 15 is 0 Å². The minimum atomic E-state index is -0.839. The predicted octanol–water partition coefficient (Wildman–Crippen LogP) is 2.63. The molecule has 0 aromatic heterocycles. The largest absolute Gasteiger partial charge is 0.481 e. The number of hydrogen-bond donors (Lipinski definition) is 2. The third-order valence-electron chi connectivity index (χ3n) is 3.86. The molecule has 114 valence electrons. The topological polar surface area (TPSA) is 66.4 Å². The Labute approximate surface area is 129 Å². The fourth-order valence-corrected chi connectivity index (χ4v) is 3.53. The first-order chi connectivity index (χ1) is 9.92. The lowest BCUT2D eigenvalue weighted by Crippen LogP contribution is -2.34. The Bertz CT molecular complexity index is 542. The molecule has 1 aromatic rings. The van der Waals surface area contributed by atoms with E-state index in [0.717, 1.165) is 17.7 Å². The van der Waals surface area contributed by atoms with Crippen molar-refractivity contribution >= 4 is 23.6 Å². The minimum Gasteiger partial charge on any atom is -0.481 e. The lowest BCUT2D eigenvalue weighted by molar-refractivity contribution is -0.147. The molecule has 4 nitrogen and oxygen atoms in total. The van der Waals surface area contributed by atoms with Crippen molar-refractivity contribution in [2.45, 2.75) is 31.9 Å². The second kappa shape index (κ2) is 6.52. The van der Waals surface area contributed by atoms with E-state index in [1.807, 2.05) is 18.2 Å². The molecule has 0 saturated carbocycles. The number of nitrogens with one attached hydrogen (secondary N) is 1. The molecule has 5 heteroatoms. The molecule has 0 aliphatic carbocycles. The molecule has 1 atom stereocenters. The number of carbonyl (C=O) groups excluding carboxylic acids is 1. The SMILES string of the molecule is CC(C)(CCNC(=O)C1SCCc2ccccc21)C(=O)O. The highest BCUT2D eigenvalue weighted by Gasteiger charge is 2.29. The molecule has 1 amide bonds. The van der Waals surface area contributed by atoms with E-state index in [9.17, 15) is 9.59 Å². The van der Waals surface area contributed by atoms with Gasteiger partial charge >= 0.3 is 5.97 Å². The molecule has 0 saturated heterocycles. The number of aliphatic carboxylic acids is 1. The highest BCUT2D eigenvalue weighted by molar-refractivity contribution is 8.00. The van der Waals surface area contributed by atoms with Gasteiger partial charge in [0, 0.05) is 6.54 Å². The van der Waals surface area contributed by atoms with Gasteiger partial charge in [-0.1, -0.05) is 24.3 Å². The van der Waals surface area contributed by atoms with E-state index in [0.29, 0.717) is 13.0 Å². The molecule has 0 fully saturated rings. The lowest BCUT2D eigenvalue weighted by atomic mass is 9.89. The Morgan fingerprint density at radius 1 is 1.38 bits per heavy atom. The number of amides is 1. The van der Waals surface area contributed by atoms with Crippen LogP contribution in [-0.2, 0) is 16.0 Å². The highest BCUT2D eigenvalue weighted by atomic mass is 32.2. The Kier molecular flexibility index (Phi) is 4.93. The van der Waals surface area contributed by atoms with Gasteiger partial charge in [0.05, 0.1) is 5.41 Å². The summed E-state index contributed by atoms with van der Waals surface area (Å²) in [5.41, 5.74) is 1.51. The summed E-state index contributed by atoms with van der Waals surface area (Å²) in [6, 6.07) is 8.04. The van der Waals surface area contributed by atoms with Crippen molar-refractivity contribution in [3.63, 3.8) is 0 Å². The summed E-state index contributed by atoms with van der Waals surface area (Å²) >= 11 is 1.65. The molecular formula is C16H21NO3S. The number of fused-ring (bicyclic) bond motifs is 1. The van der Waals surface area contributed by atoms with Gasteiger partial charge in [0.25, 0.3) is 0 Å². The predicted molar refractivity (Wildman–Crippen MR) is 84.4 cm³/mol. The normalized spacial score (nSPS) is 17.9. The lowest BCUT2D eigenvalue weighted by Gasteiger charge is -2.25. The number of hydrogen-bond acceptors (Lipinski definition) is 3. The van der Waals surface area contributed by atoms with E-state index in [1.165, 1.54) is 5.56 Å². The fraction of sp³-hybridized carbons (Fsp3) is 0.500. The van der Waals surface area contributed by atoms with Crippen LogP contribution in [0.25, 0.3) is 0 Å². The van der Waals surface area contributed by atoms with Crippen LogP contribution in [0.4, 0.5) is 0 Å². The van der Waals surface area contributed by atoms with Crippen molar-refractivity contribution in [1.82, 2.24) is 5.32 Å². The van der Waals surface area contributed by atoms with Gasteiger partial charge in [-0.25, -0.2) is 0 Å². The molecule has 1 unspecified atom stereocenters. The van der Waals surface area contributed by atoms with Gasteiger partial charge < -0.3 is 10.4 Å². The third kappa shape index (κ3) is 3.79. The molecule has 2 rings (SSSR count). The highest BCUT2D eigenvalue weighted by Crippen LogP contribution is 2.36. The Balaban J connectivity index is 1.95. The summed E-state index contributed by atoms with van der Waals surface area (Å²) < 4.78 is 0. The second-order valence-electron chi connectivity index (χ2n) is 5.93. The number of carboxylic acid groups (broad SMARTS) is 1. The molecule has 1 heterocycles. The van der Waals surface area contributed by atoms with Gasteiger partial charge in [0.2, 0.25) is 5.91 Å². The van der Waals surface area contributed by atoms with Crippen molar-refractivity contribution in [3.05, 3.63) is 35.4 Å². The van der Waals surface area contributed by atoms with Crippen LogP contribution in [0.5, 0.6) is 0 Å². The molecule has 2 N–H and O–H groups in total. The molecule has 0 radical (unpaired) electrons. The van der Waals surface area contributed by atoms with Crippen LogP contribution < -0.4 is 5.32 Å². The van der Waals surface area contributed by atoms with Crippen LogP contribution in [0.1, 0.15) is 36.6 Å². The first-order valence-corrected chi connectivity index (χ1v) is 8.17. The van der Waals surface area contributed by atoms with E-state index in [2.05, 4.69) is 11.4 Å². The van der Waals surface area contributed by atoms with E-state index in [1.54, 1.807) is 25.6 Å². The zero-order valence-electron chi connectivity index (χ0n) is 12.4. The zero-order valence-corrected chi connectivity index (χ0v) is 13.2. The van der Waals surface area contributed by atoms with Crippen LogP contribution >= 0.6 is 11.8 Å². The van der Waals surface area contributed by atoms with E-state index < -0.39 is 11.4 Å². The molecule has 0 bridgehead atoms. The summed E-state index contributed by atoms with van der Waals surface area (Å²) in [5, 5.41) is 11.8. The van der Waals surface area contributed by atoms with Crippen LogP contribution in [0.15, 0.2) is 24.3 Å². The van der Waals surface area contributed by atoms with Crippen molar-refractivity contribution in [2.75, 3.05) is 12.3 Å². The van der Waals surface area contributed by atoms with Crippen LogP contribution in [0.2, 0.25) is 0 Å². The summed E-state index contributed by atoms with van der Waals surface area (Å²) in [7, 11) is 0. The number of thioether (sulfide) groups is 1. The van der Waals surface area contributed by atoms with Crippen molar-refractivity contribution in [2.24, 2.45) is 5.41 Å². The van der Waals surface area contributed by atoms with E-state index in [-0.39, 0.29) is 11.2 Å². The zero-order chi connectivity index (χ0) is 15.5. The molecule has 1 aliphatic heterocycles. The van der Waals surface area contributed by atoms with Gasteiger partial charge in [-0.2, -0.15) is 0 Å². The average Bonchev–Trinajstić information content (AvgIpc) is 2.46. The molecule has 21 heavy (non-hydrogen) atoms. The number of rotatable bonds is 5. The molecule has 1 aliphatic rings. The van der Waals surface area contributed by atoms with Crippen LogP contribution in [0.3, 0.4) is 0 Å². The Morgan fingerprint density at radius 2 is 2.10 bits per heavy atom. The van der Waals surface area contributed by atoms with Crippen LogP contribution in [-0.4, -0.2) is 29.3 Å². The van der Waals surface area contributed by atoms with Gasteiger partial charge in [0.1, 0.15) is 5.25 Å². The van der Waals surface area contributed by atoms with Gasteiger partial charge in [-0.15, -0.1) is 11.8 Å². The van der Waals surface area contributed by atoms with Crippen molar-refractivity contribution < 1.29 is 14.7 Å². The number of aryl methyl sites for hydroxylation is 1. The smallest absolute Gasteiger partial charge is 0.309 e. The molecular weight excluding hydrogens is 286 g/mol. The van der Waals surface area contributed by atoms with Crippen molar-refractivity contribution in [1.29, 1.82) is 0 Å². The maximum Gasteiger partial charge on any atom is 0.309 e. The number of benzene rings is 1. The number of carbonyl (C=O) groups is 2. The number of carboxylic acids is 1. The summed E-state index contributed by atoms with van der Waals surface area (Å²) in [4.78, 5) is 23.4. The third-order valence-corrected chi connectivity index (χ3v) is 5.10. The maximum atomic E-state index is 12.3.